The molecule has 2 saturated carbocycles. The fourth-order valence-corrected chi connectivity index (χ4v) is 6.68. The maximum atomic E-state index is 11.6. The van der Waals surface area contributed by atoms with E-state index in [0.29, 0.717) is 10.5 Å². The van der Waals surface area contributed by atoms with E-state index in [9.17, 15) is 23.4 Å². The zero-order valence-corrected chi connectivity index (χ0v) is 25.6. The monoisotopic (exact) mass is 598 g/mol. The Balaban J connectivity index is 0.000000240. The van der Waals surface area contributed by atoms with E-state index in [1.54, 1.807) is 43.9 Å². The first-order valence-electron chi connectivity index (χ1n) is 15.4. The third-order valence-corrected chi connectivity index (χ3v) is 9.57. The van der Waals surface area contributed by atoms with Crippen molar-refractivity contribution in [3.8, 4) is 0 Å². The fraction of sp³-hybridized carbons (Fsp3) is 0.594. The van der Waals surface area contributed by atoms with Gasteiger partial charge in [-0.15, -0.1) is 0 Å². The van der Waals surface area contributed by atoms with Crippen molar-refractivity contribution in [2.75, 3.05) is 4.90 Å². The summed E-state index contributed by atoms with van der Waals surface area (Å²) < 4.78 is 26.1. The van der Waals surface area contributed by atoms with Crippen molar-refractivity contribution in [3.05, 3.63) is 60.2 Å². The van der Waals surface area contributed by atoms with Gasteiger partial charge >= 0.3 is 10.0 Å². The van der Waals surface area contributed by atoms with Gasteiger partial charge in [-0.1, -0.05) is 108 Å². The minimum absolute atomic E-state index is 0.00751. The van der Waals surface area contributed by atoms with E-state index in [1.807, 2.05) is 0 Å². The van der Waals surface area contributed by atoms with E-state index < -0.39 is 22.3 Å². The molecule has 0 aliphatic heterocycles. The Kier molecular flexibility index (Phi) is 13.6. The molecule has 1 amide bonds. The third kappa shape index (κ3) is 10.6. The molecule has 2 N–H and O–H groups in total. The number of nitrogens with zero attached hydrogens (tertiary/aromatic N) is 3. The quantitative estimate of drug-likeness (QED) is 0.0914. The zero-order chi connectivity index (χ0) is 30.4. The van der Waals surface area contributed by atoms with Crippen molar-refractivity contribution in [1.82, 2.24) is 4.91 Å². The van der Waals surface area contributed by atoms with Crippen LogP contribution in [-0.4, -0.2) is 19.6 Å². The van der Waals surface area contributed by atoms with Gasteiger partial charge in [-0.3, -0.25) is 4.90 Å². The largest absolute Gasteiger partial charge is 0.530 e. The van der Waals surface area contributed by atoms with Gasteiger partial charge in [0.15, 0.2) is 6.23 Å². The number of hydrogen-bond donors (Lipinski definition) is 2. The number of benzene rings is 2. The minimum atomic E-state index is -4.12. The maximum Gasteiger partial charge on any atom is 0.355 e. The second-order valence-corrected chi connectivity index (χ2v) is 13.2. The van der Waals surface area contributed by atoms with Crippen LogP contribution in [0, 0.1) is 23.3 Å². The first-order valence-corrected chi connectivity index (χ1v) is 16.9. The topological polar surface area (TPSA) is 148 Å². The molecule has 0 spiro atoms. The number of carbonyl (C=O) groups excluding carboxylic acids is 1. The van der Waals surface area contributed by atoms with E-state index in [4.69, 9.17) is 5.53 Å². The lowest BCUT2D eigenvalue weighted by molar-refractivity contribution is -0.248. The summed E-state index contributed by atoms with van der Waals surface area (Å²) in [6, 6.07) is 12.6. The SMILES string of the molecule is CCCCCCCCCCCCC1CC2CC2C1.N=[N+]=NS(=O)(=O)c1ccc(N(C(=O)[O-])C(O)c2ccccc2)cc1. The molecule has 2 aromatic carbocycles. The standard InChI is InChI=1S/C18H34.C14H12N4O5S/c1-2-3-4-5-6-7-8-9-10-11-12-16-13-17-15-18(17)14-16;15-16-17-24(22,23)12-8-6-11(7-9-12)18(14(20)21)13(19)10-4-2-1-3-5-10/h16-18H,2-15H2,1H3;1-9,13,15,19H. The molecule has 9 nitrogen and oxygen atoms in total. The predicted octanol–water partition coefficient (Wildman–Crippen LogP) is 7.11. The summed E-state index contributed by atoms with van der Waals surface area (Å²) in [6.07, 6.45) is 18.0. The smallest absolute Gasteiger partial charge is 0.355 e. The van der Waals surface area contributed by atoms with Crippen molar-refractivity contribution in [3.63, 3.8) is 0 Å². The number of sulfonamides is 1. The molecule has 10 heteroatoms. The normalized spacial score (nSPS) is 19.5. The number of nitrogens with one attached hydrogen (secondary N) is 1. The molecule has 42 heavy (non-hydrogen) atoms. The summed E-state index contributed by atoms with van der Waals surface area (Å²) in [6.45, 7) is 2.30. The van der Waals surface area contributed by atoms with Crippen LogP contribution in [0.25, 0.3) is 0 Å². The lowest BCUT2D eigenvalue weighted by Crippen LogP contribution is -2.43. The number of unbranched alkanes of at least 4 members (excludes halogenated alkanes) is 9. The van der Waals surface area contributed by atoms with E-state index in [-0.39, 0.29) is 10.6 Å². The lowest BCUT2D eigenvalue weighted by atomic mass is 9.96. The molecule has 0 bridgehead atoms. The Morgan fingerprint density at radius 2 is 1.48 bits per heavy atom. The lowest BCUT2D eigenvalue weighted by Gasteiger charge is -2.30. The van der Waals surface area contributed by atoms with Crippen LogP contribution in [-0.2, 0) is 10.0 Å². The van der Waals surface area contributed by atoms with E-state index >= 15 is 0 Å². The van der Waals surface area contributed by atoms with Crippen LogP contribution in [0.1, 0.15) is 109 Å². The number of fused-ring (bicyclic) bond motifs is 1. The summed E-state index contributed by atoms with van der Waals surface area (Å²) in [4.78, 5) is 14.2. The molecule has 0 saturated heterocycles. The number of carboxylic acid groups (broad SMARTS) is 1. The van der Waals surface area contributed by atoms with Gasteiger partial charge in [0.1, 0.15) is 11.6 Å². The highest BCUT2D eigenvalue weighted by Gasteiger charge is 2.45. The van der Waals surface area contributed by atoms with Gasteiger partial charge in [-0.2, -0.15) is 8.42 Å². The Bertz CT molecular complexity index is 1240. The van der Waals surface area contributed by atoms with E-state index in [2.05, 4.69) is 16.4 Å². The number of aliphatic hydroxyl groups excluding tert-OH is 1. The van der Waals surface area contributed by atoms with Crippen molar-refractivity contribution in [2.24, 2.45) is 22.3 Å². The summed E-state index contributed by atoms with van der Waals surface area (Å²) in [5.41, 5.74) is 6.81. The number of hydrogen-bond acceptors (Lipinski definition) is 6. The highest BCUT2D eigenvalue weighted by Crippen LogP contribution is 2.55. The summed E-state index contributed by atoms with van der Waals surface area (Å²) in [5, 5.41) is 21.6. The van der Waals surface area contributed by atoms with Crippen LogP contribution >= 0.6 is 0 Å². The molecule has 2 aromatic rings. The Labute approximate surface area is 250 Å². The molecular formula is C32H46N4O5S. The van der Waals surface area contributed by atoms with Crippen molar-refractivity contribution < 1.29 is 23.4 Å². The van der Waals surface area contributed by atoms with Gasteiger partial charge < -0.3 is 15.0 Å². The molecular weight excluding hydrogens is 552 g/mol. The Morgan fingerprint density at radius 1 is 0.929 bits per heavy atom. The van der Waals surface area contributed by atoms with Gasteiger partial charge in [-0.25, -0.2) is 0 Å². The summed E-state index contributed by atoms with van der Waals surface area (Å²) in [7, 11) is -4.12. The molecule has 230 valence electrons. The molecule has 2 fully saturated rings. The van der Waals surface area contributed by atoms with Gasteiger partial charge in [0.2, 0.25) is 4.91 Å². The second kappa shape index (κ2) is 17.1. The van der Waals surface area contributed by atoms with Crippen LogP contribution in [0.4, 0.5) is 10.5 Å². The summed E-state index contributed by atoms with van der Waals surface area (Å²) >= 11 is 0. The first kappa shape index (κ1) is 33.4. The molecule has 0 heterocycles. The Hall–Kier alpha value is -3.07. The third-order valence-electron chi connectivity index (χ3n) is 8.41. The first-order chi connectivity index (χ1) is 20.3. The van der Waals surface area contributed by atoms with Crippen molar-refractivity contribution in [2.45, 2.75) is 108 Å². The number of anilines is 1. The minimum Gasteiger partial charge on any atom is -0.530 e. The van der Waals surface area contributed by atoms with Crippen LogP contribution in [0.2, 0.25) is 0 Å². The van der Waals surface area contributed by atoms with E-state index in [0.717, 1.165) is 18.1 Å². The van der Waals surface area contributed by atoms with Crippen molar-refractivity contribution >= 4 is 21.8 Å². The predicted molar refractivity (Wildman–Crippen MR) is 161 cm³/mol. The van der Waals surface area contributed by atoms with Gasteiger partial charge in [-0.05, 0) is 61.3 Å². The average molecular weight is 599 g/mol. The van der Waals surface area contributed by atoms with Crippen molar-refractivity contribution in [1.29, 1.82) is 5.53 Å². The van der Waals surface area contributed by atoms with E-state index in [1.165, 1.54) is 100 Å². The molecule has 4 rings (SSSR count). The van der Waals surface area contributed by atoms with Crippen LogP contribution in [0.3, 0.4) is 0 Å². The van der Waals surface area contributed by atoms with Gasteiger partial charge in [0.05, 0.1) is 4.90 Å². The molecule has 2 aliphatic carbocycles. The molecule has 3 atom stereocenters. The summed E-state index contributed by atoms with van der Waals surface area (Å²) in [5.74, 6) is 3.53. The van der Waals surface area contributed by atoms with Crippen LogP contribution in [0.15, 0.2) is 64.0 Å². The zero-order valence-electron chi connectivity index (χ0n) is 24.7. The van der Waals surface area contributed by atoms with Gasteiger partial charge in [0.25, 0.3) is 4.52 Å². The number of rotatable bonds is 16. The maximum absolute atomic E-state index is 11.6. The Morgan fingerprint density at radius 3 is 2.00 bits per heavy atom. The van der Waals surface area contributed by atoms with Crippen LogP contribution < -0.4 is 14.9 Å². The molecule has 0 radical (unpaired) electrons. The second-order valence-electron chi connectivity index (χ2n) is 11.6. The average Bonchev–Trinajstić information content (AvgIpc) is 3.59. The number of aliphatic hydroxyl groups is 1. The number of amides is 1. The van der Waals surface area contributed by atoms with Crippen LogP contribution in [0.5, 0.6) is 0 Å². The highest BCUT2D eigenvalue weighted by atomic mass is 32.2. The number of carbonyl (C=O) groups is 1. The highest BCUT2D eigenvalue weighted by molar-refractivity contribution is 7.90. The molecule has 2 aliphatic rings. The molecule has 0 aromatic heterocycles. The van der Waals surface area contributed by atoms with Gasteiger partial charge in [0, 0.05) is 11.3 Å². The molecule has 3 unspecified atom stereocenters. The fourth-order valence-electron chi connectivity index (χ4n) is 6.00.